The Kier molecular flexibility index (Phi) is 3.99. The molecule has 0 fully saturated rings. The van der Waals surface area contributed by atoms with Crippen molar-refractivity contribution in [3.63, 3.8) is 0 Å². The lowest BCUT2D eigenvalue weighted by Gasteiger charge is -2.15. The molecular formula is C15H12BrF3. The highest BCUT2D eigenvalue weighted by molar-refractivity contribution is 9.09. The molecule has 1 atom stereocenters. The molecule has 0 amide bonds. The van der Waals surface area contributed by atoms with Gasteiger partial charge in [0.2, 0.25) is 0 Å². The van der Waals surface area contributed by atoms with E-state index >= 15 is 0 Å². The van der Waals surface area contributed by atoms with E-state index < -0.39 is 16.5 Å². The maximum atomic E-state index is 13.8. The number of rotatable bonds is 2. The van der Waals surface area contributed by atoms with Crippen molar-refractivity contribution < 1.29 is 13.2 Å². The third-order valence-corrected chi connectivity index (χ3v) is 4.05. The van der Waals surface area contributed by atoms with E-state index in [-0.39, 0.29) is 5.82 Å². The lowest BCUT2D eigenvalue weighted by atomic mass is 9.98. The summed E-state index contributed by atoms with van der Waals surface area (Å²) in [4.78, 5) is -0.512. The van der Waals surface area contributed by atoms with Crippen LogP contribution in [0.4, 0.5) is 13.2 Å². The van der Waals surface area contributed by atoms with E-state index in [1.54, 1.807) is 13.0 Å². The van der Waals surface area contributed by atoms with Crippen LogP contribution in [0.15, 0.2) is 30.3 Å². The number of hydrogen-bond donors (Lipinski definition) is 0. The van der Waals surface area contributed by atoms with Crippen LogP contribution in [0.1, 0.15) is 27.1 Å². The van der Waals surface area contributed by atoms with Crippen LogP contribution >= 0.6 is 15.9 Å². The Hall–Kier alpha value is -1.29. The number of hydrogen-bond acceptors (Lipinski definition) is 0. The van der Waals surface area contributed by atoms with E-state index in [1.807, 2.05) is 6.92 Å². The van der Waals surface area contributed by atoms with Crippen LogP contribution < -0.4 is 0 Å². The molecule has 0 nitrogen and oxygen atoms in total. The second-order valence-corrected chi connectivity index (χ2v) is 5.40. The minimum Gasteiger partial charge on any atom is -0.207 e. The van der Waals surface area contributed by atoms with E-state index in [2.05, 4.69) is 15.9 Å². The molecule has 1 unspecified atom stereocenters. The van der Waals surface area contributed by atoms with Gasteiger partial charge in [-0.3, -0.25) is 0 Å². The smallest absolute Gasteiger partial charge is 0.130 e. The second kappa shape index (κ2) is 5.37. The van der Waals surface area contributed by atoms with Crippen LogP contribution in [0.3, 0.4) is 0 Å². The summed E-state index contributed by atoms with van der Waals surface area (Å²) in [6.45, 7) is 3.38. The van der Waals surface area contributed by atoms with E-state index in [1.165, 1.54) is 18.2 Å². The lowest BCUT2D eigenvalue weighted by molar-refractivity contribution is 0.568. The zero-order valence-corrected chi connectivity index (χ0v) is 12.1. The van der Waals surface area contributed by atoms with E-state index in [0.717, 1.165) is 11.6 Å². The molecule has 0 aliphatic rings. The largest absolute Gasteiger partial charge is 0.207 e. The summed E-state index contributed by atoms with van der Waals surface area (Å²) < 4.78 is 40.4. The summed E-state index contributed by atoms with van der Waals surface area (Å²) in [6.07, 6.45) is 0. The molecule has 0 aliphatic heterocycles. The highest BCUT2D eigenvalue weighted by atomic mass is 79.9. The van der Waals surface area contributed by atoms with E-state index in [9.17, 15) is 13.2 Å². The van der Waals surface area contributed by atoms with Gasteiger partial charge in [-0.25, -0.2) is 13.2 Å². The van der Waals surface area contributed by atoms with Crippen molar-refractivity contribution in [2.75, 3.05) is 0 Å². The zero-order valence-electron chi connectivity index (χ0n) is 10.5. The predicted molar refractivity (Wildman–Crippen MR) is 73.0 cm³/mol. The Labute approximate surface area is 118 Å². The zero-order chi connectivity index (χ0) is 14.2. The summed E-state index contributed by atoms with van der Waals surface area (Å²) in [5.41, 5.74) is 2.12. The van der Waals surface area contributed by atoms with Gasteiger partial charge in [0, 0.05) is 11.6 Å². The Balaban J connectivity index is 2.52. The fourth-order valence-corrected chi connectivity index (χ4v) is 2.77. The average molecular weight is 329 g/mol. The van der Waals surface area contributed by atoms with Gasteiger partial charge >= 0.3 is 0 Å². The van der Waals surface area contributed by atoms with Crippen LogP contribution in [0.25, 0.3) is 0 Å². The third kappa shape index (κ3) is 2.84. The minimum absolute atomic E-state index is 0.299. The van der Waals surface area contributed by atoms with Crippen molar-refractivity contribution in [3.05, 3.63) is 70.0 Å². The van der Waals surface area contributed by atoms with Gasteiger partial charge in [-0.15, -0.1) is 0 Å². The lowest BCUT2D eigenvalue weighted by Crippen LogP contribution is -2.01. The Bertz CT molecular complexity index is 623. The standard InChI is InChI=1S/C15H12BrF3/c1-8-3-4-10(17)6-11(8)15(16)12-5-9(2)13(18)7-14(12)19/h3-7,15H,1-2H3. The van der Waals surface area contributed by atoms with Crippen molar-refractivity contribution in [3.8, 4) is 0 Å². The van der Waals surface area contributed by atoms with Crippen molar-refractivity contribution in [1.29, 1.82) is 0 Å². The van der Waals surface area contributed by atoms with Crippen LogP contribution in [-0.4, -0.2) is 0 Å². The first-order valence-electron chi connectivity index (χ1n) is 5.76. The maximum Gasteiger partial charge on any atom is 0.130 e. The summed E-state index contributed by atoms with van der Waals surface area (Å²) in [7, 11) is 0. The molecule has 0 saturated carbocycles. The molecule has 19 heavy (non-hydrogen) atoms. The Morgan fingerprint density at radius 1 is 0.842 bits per heavy atom. The molecule has 100 valence electrons. The summed E-state index contributed by atoms with van der Waals surface area (Å²) in [5.74, 6) is -1.62. The van der Waals surface area contributed by atoms with Crippen molar-refractivity contribution >= 4 is 15.9 Å². The first kappa shape index (κ1) is 14.1. The monoisotopic (exact) mass is 328 g/mol. The second-order valence-electron chi connectivity index (χ2n) is 4.49. The van der Waals surface area contributed by atoms with Gasteiger partial charge in [-0.1, -0.05) is 22.0 Å². The van der Waals surface area contributed by atoms with Crippen LogP contribution in [0.2, 0.25) is 0 Å². The third-order valence-electron chi connectivity index (χ3n) is 3.07. The van der Waals surface area contributed by atoms with Crippen molar-refractivity contribution in [2.45, 2.75) is 18.7 Å². The van der Waals surface area contributed by atoms with Crippen LogP contribution in [-0.2, 0) is 0 Å². The van der Waals surface area contributed by atoms with Gasteiger partial charge in [0.25, 0.3) is 0 Å². The number of benzene rings is 2. The molecule has 2 aromatic rings. The van der Waals surface area contributed by atoms with Crippen molar-refractivity contribution in [2.24, 2.45) is 0 Å². The van der Waals surface area contributed by atoms with Gasteiger partial charge in [0.1, 0.15) is 17.5 Å². The normalized spacial score (nSPS) is 12.5. The van der Waals surface area contributed by atoms with E-state index in [0.29, 0.717) is 16.7 Å². The molecule has 2 aromatic carbocycles. The number of aryl methyl sites for hydroxylation is 2. The summed E-state index contributed by atoms with van der Waals surface area (Å²) in [5, 5.41) is 0. The molecule has 0 bridgehead atoms. The van der Waals surface area contributed by atoms with Gasteiger partial charge in [-0.05, 0) is 48.7 Å². The van der Waals surface area contributed by atoms with Gasteiger partial charge in [0.15, 0.2) is 0 Å². The molecule has 0 radical (unpaired) electrons. The predicted octanol–water partition coefficient (Wildman–Crippen LogP) is 5.21. The highest BCUT2D eigenvalue weighted by Gasteiger charge is 2.19. The molecule has 0 saturated heterocycles. The summed E-state index contributed by atoms with van der Waals surface area (Å²) >= 11 is 3.36. The molecular weight excluding hydrogens is 317 g/mol. The summed E-state index contributed by atoms with van der Waals surface area (Å²) in [6, 6.07) is 6.63. The minimum atomic E-state index is -0.645. The SMILES string of the molecule is Cc1cc(C(Br)c2cc(F)ccc2C)c(F)cc1F. The molecule has 0 spiro atoms. The quantitative estimate of drug-likeness (QED) is 0.664. The molecule has 4 heteroatoms. The van der Waals surface area contributed by atoms with Gasteiger partial charge in [0.05, 0.1) is 4.83 Å². The van der Waals surface area contributed by atoms with Crippen LogP contribution in [0.5, 0.6) is 0 Å². The Morgan fingerprint density at radius 2 is 1.53 bits per heavy atom. The van der Waals surface area contributed by atoms with Gasteiger partial charge < -0.3 is 0 Å². The van der Waals surface area contributed by atoms with Crippen LogP contribution in [0, 0.1) is 31.3 Å². The molecule has 0 aromatic heterocycles. The highest BCUT2D eigenvalue weighted by Crippen LogP contribution is 2.35. The number of halogens is 4. The fraction of sp³-hybridized carbons (Fsp3) is 0.200. The van der Waals surface area contributed by atoms with E-state index in [4.69, 9.17) is 0 Å². The van der Waals surface area contributed by atoms with Crippen molar-refractivity contribution in [1.82, 2.24) is 0 Å². The molecule has 0 aliphatic carbocycles. The molecule has 0 heterocycles. The first-order valence-corrected chi connectivity index (χ1v) is 6.67. The maximum absolute atomic E-state index is 13.8. The topological polar surface area (TPSA) is 0 Å². The molecule has 2 rings (SSSR count). The average Bonchev–Trinajstić information content (AvgIpc) is 2.36. The number of alkyl halides is 1. The molecule has 0 N–H and O–H groups in total. The first-order chi connectivity index (χ1) is 8.90. The van der Waals surface area contributed by atoms with Gasteiger partial charge in [-0.2, -0.15) is 0 Å². The Morgan fingerprint density at radius 3 is 2.21 bits per heavy atom. The fourth-order valence-electron chi connectivity index (χ4n) is 1.93.